The van der Waals surface area contributed by atoms with Crippen LogP contribution in [0.25, 0.3) is 0 Å². The van der Waals surface area contributed by atoms with Gasteiger partial charge in [0.15, 0.2) is 0 Å². The molecule has 114 valence electrons. The normalized spacial score (nSPS) is 20.8. The number of carbonyl (C=O) groups excluding carboxylic acids is 1. The van der Waals surface area contributed by atoms with E-state index < -0.39 is 5.97 Å². The van der Waals surface area contributed by atoms with Gasteiger partial charge in [0, 0.05) is 17.5 Å². The molecular weight excluding hydrogens is 288 g/mol. The molecule has 1 aromatic carbocycles. The lowest BCUT2D eigenvalue weighted by Crippen LogP contribution is -2.30. The molecule has 1 fully saturated rings. The molecule has 0 bridgehead atoms. The van der Waals surface area contributed by atoms with E-state index in [2.05, 4.69) is 10.1 Å². The predicted octanol–water partition coefficient (Wildman–Crippen LogP) is 3.60. The van der Waals surface area contributed by atoms with Crippen LogP contribution in [0.15, 0.2) is 29.4 Å². The number of oxime groups is 1. The summed E-state index contributed by atoms with van der Waals surface area (Å²) < 4.78 is 0. The minimum atomic E-state index is -0.437. The highest BCUT2D eigenvalue weighted by Gasteiger charge is 2.22. The first-order valence-electron chi connectivity index (χ1n) is 7.24. The van der Waals surface area contributed by atoms with E-state index in [0.29, 0.717) is 16.5 Å². The maximum Gasteiger partial charge on any atom is 0.365 e. The maximum absolute atomic E-state index is 11.9. The predicted molar refractivity (Wildman–Crippen MR) is 84.8 cm³/mol. The van der Waals surface area contributed by atoms with Crippen molar-refractivity contribution in [3.8, 4) is 0 Å². The fourth-order valence-electron chi connectivity index (χ4n) is 2.56. The second-order valence-electron chi connectivity index (χ2n) is 5.67. The second-order valence-corrected chi connectivity index (χ2v) is 6.11. The molecule has 1 atom stereocenters. The monoisotopic (exact) mass is 308 g/mol. The van der Waals surface area contributed by atoms with Crippen LogP contribution in [0.1, 0.15) is 36.0 Å². The summed E-state index contributed by atoms with van der Waals surface area (Å²) in [4.78, 5) is 19.2. The van der Waals surface area contributed by atoms with Crippen LogP contribution in [0, 0.1) is 5.92 Å². The van der Waals surface area contributed by atoms with Crippen LogP contribution < -0.4 is 0 Å². The third-order valence-corrected chi connectivity index (χ3v) is 3.87. The summed E-state index contributed by atoms with van der Waals surface area (Å²) in [7, 11) is 4.10. The molecule has 21 heavy (non-hydrogen) atoms. The lowest BCUT2D eigenvalue weighted by atomic mass is 9.87. The molecule has 4 nitrogen and oxygen atoms in total. The molecule has 0 unspecified atom stereocenters. The Hall–Kier alpha value is -1.39. The van der Waals surface area contributed by atoms with Crippen molar-refractivity contribution < 1.29 is 9.63 Å². The van der Waals surface area contributed by atoms with E-state index in [1.807, 2.05) is 14.1 Å². The highest BCUT2D eigenvalue weighted by molar-refractivity contribution is 6.30. The summed E-state index contributed by atoms with van der Waals surface area (Å²) in [5.41, 5.74) is 1.46. The zero-order chi connectivity index (χ0) is 15.2. The number of halogens is 1. The molecule has 2 rings (SSSR count). The molecule has 0 N–H and O–H groups in total. The van der Waals surface area contributed by atoms with Crippen molar-refractivity contribution in [1.29, 1.82) is 0 Å². The summed E-state index contributed by atoms with van der Waals surface area (Å²) >= 11 is 5.80. The minimum absolute atomic E-state index is 0.381. The highest BCUT2D eigenvalue weighted by Crippen LogP contribution is 2.22. The van der Waals surface area contributed by atoms with Crippen molar-refractivity contribution in [2.75, 3.05) is 20.6 Å². The van der Waals surface area contributed by atoms with Gasteiger partial charge in [-0.1, -0.05) is 23.2 Å². The van der Waals surface area contributed by atoms with Gasteiger partial charge in [-0.05, 0) is 57.6 Å². The average Bonchev–Trinajstić information content (AvgIpc) is 2.46. The van der Waals surface area contributed by atoms with E-state index >= 15 is 0 Å². The number of benzene rings is 1. The van der Waals surface area contributed by atoms with E-state index in [1.165, 1.54) is 6.42 Å². The van der Waals surface area contributed by atoms with Crippen LogP contribution in [-0.2, 0) is 4.84 Å². The number of hydrogen-bond donors (Lipinski definition) is 0. The molecule has 0 aliphatic heterocycles. The van der Waals surface area contributed by atoms with E-state index in [9.17, 15) is 4.79 Å². The Balaban J connectivity index is 2.00. The number of nitrogens with zero attached hydrogens (tertiary/aromatic N) is 2. The van der Waals surface area contributed by atoms with Crippen LogP contribution in [0.4, 0.5) is 0 Å². The Morgan fingerprint density at radius 2 is 2.05 bits per heavy atom. The Bertz CT molecular complexity index is 512. The van der Waals surface area contributed by atoms with Crippen LogP contribution in [0.2, 0.25) is 5.02 Å². The molecule has 0 aromatic heterocycles. The Morgan fingerprint density at radius 1 is 1.33 bits per heavy atom. The third-order valence-electron chi connectivity index (χ3n) is 3.62. The van der Waals surface area contributed by atoms with Crippen molar-refractivity contribution in [2.45, 2.75) is 25.7 Å². The van der Waals surface area contributed by atoms with Crippen molar-refractivity contribution in [3.63, 3.8) is 0 Å². The molecule has 1 saturated carbocycles. The van der Waals surface area contributed by atoms with E-state index in [4.69, 9.17) is 16.4 Å². The molecule has 0 heterocycles. The number of rotatable bonds is 4. The lowest BCUT2D eigenvalue weighted by molar-refractivity contribution is 0.0511. The van der Waals surface area contributed by atoms with Gasteiger partial charge in [-0.3, -0.25) is 0 Å². The molecule has 1 aromatic rings. The fourth-order valence-corrected chi connectivity index (χ4v) is 2.69. The second kappa shape index (κ2) is 7.57. The van der Waals surface area contributed by atoms with Crippen LogP contribution >= 0.6 is 11.6 Å². The summed E-state index contributed by atoms with van der Waals surface area (Å²) in [5.74, 6) is -0.0555. The Kier molecular flexibility index (Phi) is 5.76. The first kappa shape index (κ1) is 16.0. The lowest BCUT2D eigenvalue weighted by Gasteiger charge is -2.25. The molecule has 0 radical (unpaired) electrons. The maximum atomic E-state index is 11.9. The van der Waals surface area contributed by atoms with Gasteiger partial charge in [0.2, 0.25) is 0 Å². The molecule has 1 aliphatic rings. The first-order chi connectivity index (χ1) is 10.1. The van der Waals surface area contributed by atoms with Crippen molar-refractivity contribution in [3.05, 3.63) is 34.9 Å². The Morgan fingerprint density at radius 3 is 2.71 bits per heavy atom. The van der Waals surface area contributed by atoms with Crippen LogP contribution in [0.3, 0.4) is 0 Å². The van der Waals surface area contributed by atoms with Gasteiger partial charge in [0.05, 0.1) is 11.3 Å². The number of hydrogen-bond acceptors (Lipinski definition) is 4. The van der Waals surface area contributed by atoms with Crippen molar-refractivity contribution in [2.24, 2.45) is 11.1 Å². The molecule has 1 aliphatic carbocycles. The van der Waals surface area contributed by atoms with E-state index in [-0.39, 0.29) is 0 Å². The first-order valence-corrected chi connectivity index (χ1v) is 7.62. The summed E-state index contributed by atoms with van der Waals surface area (Å²) in [6, 6.07) is 6.62. The number of carbonyl (C=O) groups is 1. The molecular formula is C16H21ClN2O2. The zero-order valence-corrected chi connectivity index (χ0v) is 13.3. The van der Waals surface area contributed by atoms with Gasteiger partial charge in [-0.25, -0.2) is 4.79 Å². The summed E-state index contributed by atoms with van der Waals surface area (Å²) in [5, 5.41) is 4.72. The van der Waals surface area contributed by atoms with E-state index in [1.54, 1.807) is 24.3 Å². The van der Waals surface area contributed by atoms with Crippen molar-refractivity contribution in [1.82, 2.24) is 4.90 Å². The zero-order valence-electron chi connectivity index (χ0n) is 12.5. The largest absolute Gasteiger partial charge is 0.365 e. The standard InChI is InChI=1S/C16H21ClN2O2/c1-19(2)11-13-5-3-4-6-15(13)18-21-16(20)12-7-9-14(17)10-8-12/h7-10,13H,3-6,11H2,1-2H3/b18-15+/t13-/m1/s1. The summed E-state index contributed by atoms with van der Waals surface area (Å²) in [6.07, 6.45) is 4.34. The molecule has 0 amide bonds. The van der Waals surface area contributed by atoms with E-state index in [0.717, 1.165) is 31.5 Å². The minimum Gasteiger partial charge on any atom is -0.313 e. The quantitative estimate of drug-likeness (QED) is 0.630. The van der Waals surface area contributed by atoms with Crippen LogP contribution in [0.5, 0.6) is 0 Å². The van der Waals surface area contributed by atoms with Gasteiger partial charge in [-0.2, -0.15) is 0 Å². The SMILES string of the molecule is CN(C)C[C@H]1CCCC/C1=N\OC(=O)c1ccc(Cl)cc1. The average molecular weight is 309 g/mol. The van der Waals surface area contributed by atoms with Crippen molar-refractivity contribution >= 4 is 23.3 Å². The Labute approximate surface area is 130 Å². The summed E-state index contributed by atoms with van der Waals surface area (Å²) in [6.45, 7) is 0.942. The molecule has 0 spiro atoms. The van der Waals surface area contributed by atoms with Gasteiger partial charge in [0.25, 0.3) is 0 Å². The molecule has 0 saturated heterocycles. The topological polar surface area (TPSA) is 41.9 Å². The smallest absolute Gasteiger partial charge is 0.313 e. The van der Waals surface area contributed by atoms with Gasteiger partial charge >= 0.3 is 5.97 Å². The fraction of sp³-hybridized carbons (Fsp3) is 0.500. The van der Waals surface area contributed by atoms with Gasteiger partial charge in [-0.15, -0.1) is 0 Å². The van der Waals surface area contributed by atoms with Crippen LogP contribution in [-0.4, -0.2) is 37.2 Å². The molecule has 5 heteroatoms. The third kappa shape index (κ3) is 4.83. The highest BCUT2D eigenvalue weighted by atomic mass is 35.5. The van der Waals surface area contributed by atoms with Gasteiger partial charge in [0.1, 0.15) is 0 Å². The van der Waals surface area contributed by atoms with Gasteiger partial charge < -0.3 is 9.74 Å².